The zero-order valence-corrected chi connectivity index (χ0v) is 15.7. The van der Waals surface area contributed by atoms with E-state index in [1.165, 1.54) is 19.1 Å². The van der Waals surface area contributed by atoms with Gasteiger partial charge in [-0.1, -0.05) is 41.4 Å². The SMILES string of the molecule is COc1ccccc1/C=C/C(=O)O[C@H](C)C(=O)Nc1ccc(Cl)cc1Cl. The van der Waals surface area contributed by atoms with Crippen LogP contribution in [0.25, 0.3) is 6.08 Å². The molecule has 0 radical (unpaired) electrons. The monoisotopic (exact) mass is 393 g/mol. The molecule has 0 spiro atoms. The number of benzene rings is 2. The van der Waals surface area contributed by atoms with Crippen LogP contribution >= 0.6 is 23.2 Å². The van der Waals surface area contributed by atoms with Crippen molar-refractivity contribution in [2.45, 2.75) is 13.0 Å². The summed E-state index contributed by atoms with van der Waals surface area (Å²) in [5.41, 5.74) is 1.10. The highest BCUT2D eigenvalue weighted by molar-refractivity contribution is 6.36. The number of ether oxygens (including phenoxy) is 2. The van der Waals surface area contributed by atoms with Gasteiger partial charge in [0.05, 0.1) is 17.8 Å². The minimum Gasteiger partial charge on any atom is -0.496 e. The lowest BCUT2D eigenvalue weighted by atomic mass is 10.2. The molecule has 0 aliphatic rings. The van der Waals surface area contributed by atoms with E-state index in [1.54, 1.807) is 37.5 Å². The van der Waals surface area contributed by atoms with Gasteiger partial charge in [-0.05, 0) is 37.3 Å². The van der Waals surface area contributed by atoms with E-state index in [0.717, 1.165) is 5.56 Å². The highest BCUT2D eigenvalue weighted by Gasteiger charge is 2.17. The summed E-state index contributed by atoms with van der Waals surface area (Å²) in [4.78, 5) is 24.1. The second-order valence-corrected chi connectivity index (χ2v) is 6.11. The zero-order chi connectivity index (χ0) is 19.1. The fourth-order valence-corrected chi connectivity index (χ4v) is 2.51. The van der Waals surface area contributed by atoms with Gasteiger partial charge in [0.15, 0.2) is 6.10 Å². The summed E-state index contributed by atoms with van der Waals surface area (Å²) in [7, 11) is 1.54. The van der Waals surface area contributed by atoms with Crippen molar-refractivity contribution in [1.82, 2.24) is 0 Å². The molecule has 0 aromatic heterocycles. The summed E-state index contributed by atoms with van der Waals surface area (Å²) >= 11 is 11.8. The molecule has 0 aliphatic carbocycles. The number of amides is 1. The highest BCUT2D eigenvalue weighted by atomic mass is 35.5. The van der Waals surface area contributed by atoms with Crippen LogP contribution < -0.4 is 10.1 Å². The average molecular weight is 394 g/mol. The van der Waals surface area contributed by atoms with Crippen molar-refractivity contribution in [1.29, 1.82) is 0 Å². The van der Waals surface area contributed by atoms with Crippen LogP contribution in [0.3, 0.4) is 0 Å². The smallest absolute Gasteiger partial charge is 0.331 e. The maximum Gasteiger partial charge on any atom is 0.331 e. The molecular weight excluding hydrogens is 377 g/mol. The van der Waals surface area contributed by atoms with Crippen molar-refractivity contribution in [3.05, 3.63) is 64.1 Å². The third kappa shape index (κ3) is 5.51. The number of hydrogen-bond acceptors (Lipinski definition) is 4. The molecule has 0 aliphatic heterocycles. The zero-order valence-electron chi connectivity index (χ0n) is 14.2. The molecule has 0 saturated heterocycles. The number of carbonyl (C=O) groups is 2. The topological polar surface area (TPSA) is 64.6 Å². The average Bonchev–Trinajstić information content (AvgIpc) is 2.62. The van der Waals surface area contributed by atoms with Crippen molar-refractivity contribution in [2.75, 3.05) is 12.4 Å². The molecule has 0 fully saturated rings. The lowest BCUT2D eigenvalue weighted by Gasteiger charge is -2.13. The molecule has 1 amide bonds. The Morgan fingerprint density at radius 2 is 1.88 bits per heavy atom. The van der Waals surface area contributed by atoms with Crippen molar-refractivity contribution in [3.8, 4) is 5.75 Å². The first-order valence-corrected chi connectivity index (χ1v) is 8.44. The van der Waals surface area contributed by atoms with Gasteiger partial charge in [-0.3, -0.25) is 4.79 Å². The molecule has 26 heavy (non-hydrogen) atoms. The van der Waals surface area contributed by atoms with E-state index < -0.39 is 18.0 Å². The molecule has 2 aromatic carbocycles. The van der Waals surface area contributed by atoms with Gasteiger partial charge < -0.3 is 14.8 Å². The minimum absolute atomic E-state index is 0.292. The van der Waals surface area contributed by atoms with Crippen LogP contribution in [-0.4, -0.2) is 25.1 Å². The molecule has 0 unspecified atom stereocenters. The van der Waals surface area contributed by atoms with E-state index in [0.29, 0.717) is 21.5 Å². The Bertz CT molecular complexity index is 836. The first-order valence-electron chi connectivity index (χ1n) is 7.68. The van der Waals surface area contributed by atoms with Crippen LogP contribution in [0, 0.1) is 0 Å². The fourth-order valence-electron chi connectivity index (χ4n) is 2.05. The van der Waals surface area contributed by atoms with Gasteiger partial charge in [-0.15, -0.1) is 0 Å². The number of esters is 1. The van der Waals surface area contributed by atoms with Crippen LogP contribution in [0.2, 0.25) is 10.0 Å². The Morgan fingerprint density at radius 3 is 2.58 bits per heavy atom. The quantitative estimate of drug-likeness (QED) is 0.575. The number of anilines is 1. The fraction of sp³-hybridized carbons (Fsp3) is 0.158. The molecular formula is C19H17Cl2NO4. The van der Waals surface area contributed by atoms with Crippen LogP contribution in [-0.2, 0) is 14.3 Å². The van der Waals surface area contributed by atoms with Gasteiger partial charge in [-0.2, -0.15) is 0 Å². The molecule has 5 nitrogen and oxygen atoms in total. The van der Waals surface area contributed by atoms with E-state index >= 15 is 0 Å². The van der Waals surface area contributed by atoms with Crippen molar-refractivity contribution in [2.24, 2.45) is 0 Å². The summed E-state index contributed by atoms with van der Waals surface area (Å²) in [5, 5.41) is 3.33. The Balaban J connectivity index is 1.95. The predicted molar refractivity (Wildman–Crippen MR) is 103 cm³/mol. The minimum atomic E-state index is -1.00. The van der Waals surface area contributed by atoms with Crippen LogP contribution in [0.15, 0.2) is 48.5 Å². The first kappa shape index (κ1) is 19.8. The molecule has 2 aromatic rings. The predicted octanol–water partition coefficient (Wildman–Crippen LogP) is 4.59. The highest BCUT2D eigenvalue weighted by Crippen LogP contribution is 2.25. The summed E-state index contributed by atoms with van der Waals surface area (Å²) in [6.07, 6.45) is 1.79. The lowest BCUT2D eigenvalue weighted by Crippen LogP contribution is -2.29. The lowest BCUT2D eigenvalue weighted by molar-refractivity contribution is -0.148. The second kappa shape index (κ2) is 9.27. The summed E-state index contributed by atoms with van der Waals surface area (Å²) in [6.45, 7) is 1.47. The van der Waals surface area contributed by atoms with E-state index in [9.17, 15) is 9.59 Å². The Hall–Kier alpha value is -2.50. The standard InChI is InChI=1S/C19H17Cl2NO4/c1-12(19(24)22-16-9-8-14(20)11-15(16)21)26-18(23)10-7-13-5-3-4-6-17(13)25-2/h3-12H,1-2H3,(H,22,24)/b10-7+/t12-/m1/s1. The third-order valence-corrected chi connectivity index (χ3v) is 3.94. The number of carbonyl (C=O) groups excluding carboxylic acids is 2. The van der Waals surface area contributed by atoms with Gasteiger partial charge in [0.1, 0.15) is 5.75 Å². The van der Waals surface area contributed by atoms with Crippen molar-refractivity contribution < 1.29 is 19.1 Å². The number of rotatable bonds is 6. The summed E-state index contributed by atoms with van der Waals surface area (Å²) in [5.74, 6) is -0.534. The van der Waals surface area contributed by atoms with Gasteiger partial charge >= 0.3 is 5.97 Å². The van der Waals surface area contributed by atoms with E-state index in [2.05, 4.69) is 5.32 Å². The number of nitrogens with one attached hydrogen (secondary N) is 1. The molecule has 7 heteroatoms. The molecule has 0 saturated carbocycles. The maximum absolute atomic E-state index is 12.1. The van der Waals surface area contributed by atoms with Gasteiger partial charge in [-0.25, -0.2) is 4.79 Å². The van der Waals surface area contributed by atoms with Crippen LogP contribution in [0.4, 0.5) is 5.69 Å². The molecule has 0 bridgehead atoms. The van der Waals surface area contributed by atoms with Crippen LogP contribution in [0.5, 0.6) is 5.75 Å². The van der Waals surface area contributed by atoms with Crippen molar-refractivity contribution >= 4 is 46.8 Å². The van der Waals surface area contributed by atoms with Gasteiger partial charge in [0, 0.05) is 16.7 Å². The summed E-state index contributed by atoms with van der Waals surface area (Å²) in [6, 6.07) is 11.9. The molecule has 0 heterocycles. The normalized spacial score (nSPS) is 11.8. The van der Waals surface area contributed by atoms with E-state index in [1.807, 2.05) is 12.1 Å². The summed E-state index contributed by atoms with van der Waals surface area (Å²) < 4.78 is 10.3. The molecule has 1 N–H and O–H groups in total. The molecule has 2 rings (SSSR count). The van der Waals surface area contributed by atoms with Gasteiger partial charge in [0.25, 0.3) is 5.91 Å². The van der Waals surface area contributed by atoms with Crippen LogP contribution in [0.1, 0.15) is 12.5 Å². The number of halogens is 2. The third-order valence-electron chi connectivity index (χ3n) is 3.39. The largest absolute Gasteiger partial charge is 0.496 e. The van der Waals surface area contributed by atoms with Crippen molar-refractivity contribution in [3.63, 3.8) is 0 Å². The second-order valence-electron chi connectivity index (χ2n) is 5.27. The van der Waals surface area contributed by atoms with Gasteiger partial charge in [0.2, 0.25) is 0 Å². The maximum atomic E-state index is 12.1. The van der Waals surface area contributed by atoms with E-state index in [4.69, 9.17) is 32.7 Å². The molecule has 136 valence electrons. The Kier molecular flexibility index (Phi) is 7.06. The number of methoxy groups -OCH3 is 1. The van der Waals surface area contributed by atoms with E-state index in [-0.39, 0.29) is 0 Å². The Labute approximate surface area is 161 Å². The number of para-hydroxylation sites is 1. The first-order chi connectivity index (χ1) is 12.4. The Morgan fingerprint density at radius 1 is 1.15 bits per heavy atom. The molecule has 1 atom stereocenters. The number of hydrogen-bond donors (Lipinski definition) is 1.